The molecule has 0 aliphatic carbocycles. The van der Waals surface area contributed by atoms with Gasteiger partial charge in [0.2, 0.25) is 5.82 Å². The Balaban J connectivity index is 1.77. The summed E-state index contributed by atoms with van der Waals surface area (Å²) in [5, 5.41) is 13.6. The molecule has 8 nitrogen and oxygen atoms in total. The van der Waals surface area contributed by atoms with E-state index >= 15 is 0 Å². The largest absolute Gasteiger partial charge is 0.481 e. The van der Waals surface area contributed by atoms with Crippen LogP contribution in [0.2, 0.25) is 0 Å². The van der Waals surface area contributed by atoms with Crippen molar-refractivity contribution in [1.82, 2.24) is 19.6 Å². The number of carboxylic acid groups (broad SMARTS) is 1. The number of carbonyl (C=O) groups is 2. The molecule has 1 atom stereocenters. The lowest BCUT2D eigenvalue weighted by Crippen LogP contribution is -2.32. The van der Waals surface area contributed by atoms with Gasteiger partial charge in [0, 0.05) is 24.1 Å². The summed E-state index contributed by atoms with van der Waals surface area (Å²) in [5.74, 6) is -1.81. The molecule has 1 aliphatic rings. The van der Waals surface area contributed by atoms with Crippen LogP contribution in [0.1, 0.15) is 27.8 Å². The molecule has 1 unspecified atom stereocenters. The number of nitrogens with zero attached hydrogens (tertiary/aromatic N) is 5. The normalized spacial score (nSPS) is 16.4. The fourth-order valence-electron chi connectivity index (χ4n) is 2.93. The highest BCUT2D eigenvalue weighted by atomic mass is 16.4. The minimum absolute atomic E-state index is 0.00218. The molecular weight excluding hydrogens is 310 g/mol. The Labute approximate surface area is 136 Å². The van der Waals surface area contributed by atoms with Crippen LogP contribution in [0.5, 0.6) is 0 Å². The molecule has 0 saturated carbocycles. The van der Waals surface area contributed by atoms with E-state index in [1.54, 1.807) is 36.5 Å². The third-order valence-corrected chi connectivity index (χ3v) is 4.13. The first-order chi connectivity index (χ1) is 11.6. The molecule has 1 amide bonds. The van der Waals surface area contributed by atoms with E-state index in [1.807, 2.05) is 6.92 Å². The Morgan fingerprint density at radius 1 is 1.25 bits per heavy atom. The molecule has 0 saturated heterocycles. The molecule has 0 radical (unpaired) electrons. The van der Waals surface area contributed by atoms with Crippen LogP contribution in [-0.4, -0.2) is 43.1 Å². The Bertz CT molecular complexity index is 981. The van der Waals surface area contributed by atoms with Gasteiger partial charge >= 0.3 is 5.97 Å². The second-order valence-corrected chi connectivity index (χ2v) is 5.60. The number of anilines is 1. The molecule has 120 valence electrons. The number of aryl methyl sites for hydroxylation is 1. The van der Waals surface area contributed by atoms with Crippen molar-refractivity contribution < 1.29 is 14.7 Å². The van der Waals surface area contributed by atoms with Gasteiger partial charge in [-0.05, 0) is 24.6 Å². The van der Waals surface area contributed by atoms with Crippen molar-refractivity contribution in [3.8, 4) is 0 Å². The van der Waals surface area contributed by atoms with Crippen molar-refractivity contribution in [3.63, 3.8) is 0 Å². The van der Waals surface area contributed by atoms with Crippen molar-refractivity contribution in [1.29, 1.82) is 0 Å². The Kier molecular flexibility index (Phi) is 3.05. The fraction of sp³-hybridized carbons (Fsp3) is 0.188. The molecule has 0 spiro atoms. The van der Waals surface area contributed by atoms with Crippen molar-refractivity contribution in [2.24, 2.45) is 0 Å². The van der Waals surface area contributed by atoms with Gasteiger partial charge in [-0.25, -0.2) is 9.50 Å². The predicted octanol–water partition coefficient (Wildman–Crippen LogP) is 1.26. The lowest BCUT2D eigenvalue weighted by molar-refractivity contribution is -0.138. The van der Waals surface area contributed by atoms with Gasteiger partial charge in [-0.3, -0.25) is 9.59 Å². The Morgan fingerprint density at radius 2 is 2.04 bits per heavy atom. The van der Waals surface area contributed by atoms with E-state index in [2.05, 4.69) is 15.1 Å². The molecule has 3 heterocycles. The van der Waals surface area contributed by atoms with Gasteiger partial charge in [-0.1, -0.05) is 18.2 Å². The number of carboxylic acids is 1. The van der Waals surface area contributed by atoms with Crippen molar-refractivity contribution in [2.45, 2.75) is 12.8 Å². The summed E-state index contributed by atoms with van der Waals surface area (Å²) in [4.78, 5) is 34.0. The van der Waals surface area contributed by atoms with Gasteiger partial charge < -0.3 is 10.0 Å². The zero-order valence-corrected chi connectivity index (χ0v) is 12.7. The molecule has 8 heteroatoms. The summed E-state index contributed by atoms with van der Waals surface area (Å²) in [6.07, 6.45) is 1.60. The number of fused-ring (bicyclic) bond motifs is 2. The number of aliphatic carboxylic acids is 1. The highest BCUT2D eigenvalue weighted by Crippen LogP contribution is 2.36. The van der Waals surface area contributed by atoms with E-state index in [0.717, 1.165) is 5.69 Å². The topological polar surface area (TPSA) is 101 Å². The molecule has 24 heavy (non-hydrogen) atoms. The minimum Gasteiger partial charge on any atom is -0.481 e. The van der Waals surface area contributed by atoms with Gasteiger partial charge in [-0.2, -0.15) is 4.98 Å². The Hall–Kier alpha value is -3.29. The van der Waals surface area contributed by atoms with E-state index in [9.17, 15) is 14.7 Å². The van der Waals surface area contributed by atoms with Gasteiger partial charge in [0.15, 0.2) is 0 Å². The number of hydrogen-bond acceptors (Lipinski definition) is 5. The van der Waals surface area contributed by atoms with E-state index in [-0.39, 0.29) is 12.4 Å². The van der Waals surface area contributed by atoms with Gasteiger partial charge in [0.25, 0.3) is 11.7 Å². The average molecular weight is 323 g/mol. The first kappa shape index (κ1) is 14.3. The van der Waals surface area contributed by atoms with Gasteiger partial charge in [0.05, 0.1) is 0 Å². The number of rotatable bonds is 2. The quantitative estimate of drug-likeness (QED) is 0.762. The summed E-state index contributed by atoms with van der Waals surface area (Å²) >= 11 is 0. The molecule has 2 aromatic heterocycles. The SMILES string of the molecule is Cc1ccnc2nc(C(=O)N3CC(C(=O)O)c4ccccc43)nn12. The van der Waals surface area contributed by atoms with Crippen LogP contribution >= 0.6 is 0 Å². The lowest BCUT2D eigenvalue weighted by Gasteiger charge is -2.15. The van der Waals surface area contributed by atoms with Crippen molar-refractivity contribution >= 4 is 23.3 Å². The van der Waals surface area contributed by atoms with Gasteiger partial charge in [0.1, 0.15) is 5.92 Å². The fourth-order valence-corrected chi connectivity index (χ4v) is 2.93. The smallest absolute Gasteiger partial charge is 0.312 e. The summed E-state index contributed by atoms with van der Waals surface area (Å²) in [5.41, 5.74) is 2.01. The second kappa shape index (κ2) is 5.12. The van der Waals surface area contributed by atoms with E-state index in [0.29, 0.717) is 17.0 Å². The molecule has 4 rings (SSSR count). The second-order valence-electron chi connectivity index (χ2n) is 5.60. The molecule has 0 fully saturated rings. The average Bonchev–Trinajstić information content (AvgIpc) is 3.17. The molecule has 1 aromatic carbocycles. The van der Waals surface area contributed by atoms with Crippen LogP contribution in [0.4, 0.5) is 5.69 Å². The first-order valence-electron chi connectivity index (χ1n) is 7.38. The van der Waals surface area contributed by atoms with Crippen molar-refractivity contribution in [2.75, 3.05) is 11.4 Å². The third-order valence-electron chi connectivity index (χ3n) is 4.13. The number of aromatic nitrogens is 4. The highest BCUT2D eigenvalue weighted by molar-refractivity contribution is 6.06. The zero-order valence-electron chi connectivity index (χ0n) is 12.7. The van der Waals surface area contributed by atoms with E-state index in [4.69, 9.17) is 0 Å². The van der Waals surface area contributed by atoms with E-state index < -0.39 is 17.8 Å². The Morgan fingerprint density at radius 3 is 2.79 bits per heavy atom. The number of hydrogen-bond donors (Lipinski definition) is 1. The number of carbonyl (C=O) groups excluding carboxylic acids is 1. The summed E-state index contributed by atoms with van der Waals surface area (Å²) in [6, 6.07) is 8.76. The predicted molar refractivity (Wildman–Crippen MR) is 84.0 cm³/mol. The highest BCUT2D eigenvalue weighted by Gasteiger charge is 2.37. The number of amides is 1. The molecule has 1 N–H and O–H groups in total. The maximum Gasteiger partial charge on any atom is 0.312 e. The lowest BCUT2D eigenvalue weighted by atomic mass is 10.0. The summed E-state index contributed by atoms with van der Waals surface area (Å²) < 4.78 is 1.49. The summed E-state index contributed by atoms with van der Waals surface area (Å²) in [6.45, 7) is 1.90. The van der Waals surface area contributed by atoms with Crippen LogP contribution in [0.3, 0.4) is 0 Å². The zero-order chi connectivity index (χ0) is 16.8. The van der Waals surface area contributed by atoms with Crippen LogP contribution in [-0.2, 0) is 4.79 Å². The van der Waals surface area contributed by atoms with Crippen LogP contribution in [0, 0.1) is 6.92 Å². The maximum atomic E-state index is 12.8. The van der Waals surface area contributed by atoms with Crippen molar-refractivity contribution in [3.05, 3.63) is 53.6 Å². The molecule has 0 bridgehead atoms. The molecular formula is C16H13N5O3. The van der Waals surface area contributed by atoms with Crippen LogP contribution < -0.4 is 4.90 Å². The molecule has 3 aromatic rings. The minimum atomic E-state index is -0.960. The van der Waals surface area contributed by atoms with Crippen LogP contribution in [0.15, 0.2) is 36.5 Å². The summed E-state index contributed by atoms with van der Waals surface area (Å²) in [7, 11) is 0. The number of para-hydroxylation sites is 1. The molecule has 1 aliphatic heterocycles. The maximum absolute atomic E-state index is 12.8. The van der Waals surface area contributed by atoms with Crippen LogP contribution in [0.25, 0.3) is 5.78 Å². The van der Waals surface area contributed by atoms with E-state index in [1.165, 1.54) is 9.42 Å². The monoisotopic (exact) mass is 323 g/mol. The van der Waals surface area contributed by atoms with Gasteiger partial charge in [-0.15, -0.1) is 5.10 Å². The third kappa shape index (κ3) is 2.03. The first-order valence-corrected chi connectivity index (χ1v) is 7.38. The number of benzene rings is 1. The standard InChI is InChI=1S/C16H13N5O3/c1-9-6-7-17-16-18-13(19-21(9)16)14(22)20-8-11(15(23)24)10-4-2-3-5-12(10)20/h2-7,11H,8H2,1H3,(H,23,24).